The number of nitrogens with one attached hydrogen (secondary N) is 1. The average molecular weight is 484 g/mol. The van der Waals surface area contributed by atoms with Gasteiger partial charge in [0.1, 0.15) is 6.33 Å². The predicted molar refractivity (Wildman–Crippen MR) is 124 cm³/mol. The summed E-state index contributed by atoms with van der Waals surface area (Å²) in [6.07, 6.45) is 2.18. The molecule has 0 atom stereocenters. The molecule has 2 aromatic carbocycles. The third-order valence-corrected chi connectivity index (χ3v) is 7.31. The van der Waals surface area contributed by atoms with Crippen LogP contribution in [0.25, 0.3) is 5.69 Å². The molecule has 0 saturated carbocycles. The molecule has 2 heterocycles. The van der Waals surface area contributed by atoms with Crippen molar-refractivity contribution in [3.63, 3.8) is 0 Å². The number of amides is 1. The van der Waals surface area contributed by atoms with Crippen molar-refractivity contribution >= 4 is 21.6 Å². The summed E-state index contributed by atoms with van der Waals surface area (Å²) in [7, 11) is -3.53. The zero-order chi connectivity index (χ0) is 24.0. The van der Waals surface area contributed by atoms with Crippen molar-refractivity contribution in [2.75, 3.05) is 26.3 Å². The summed E-state index contributed by atoms with van der Waals surface area (Å²) >= 11 is 0. The Balaban J connectivity index is 1.31. The van der Waals surface area contributed by atoms with Crippen molar-refractivity contribution in [2.24, 2.45) is 5.10 Å². The van der Waals surface area contributed by atoms with E-state index in [-0.39, 0.29) is 17.2 Å². The van der Waals surface area contributed by atoms with Crippen molar-refractivity contribution < 1.29 is 17.9 Å². The molecule has 1 N–H and O–H groups in total. The second-order valence-corrected chi connectivity index (χ2v) is 9.64. The minimum atomic E-state index is -3.53. The van der Waals surface area contributed by atoms with Gasteiger partial charge < -0.3 is 4.74 Å². The van der Waals surface area contributed by atoms with Crippen LogP contribution in [0.1, 0.15) is 24.5 Å². The number of hydrazone groups is 1. The minimum Gasteiger partial charge on any atom is -0.379 e. The number of tetrazole rings is 1. The topological polar surface area (TPSA) is 132 Å². The van der Waals surface area contributed by atoms with Gasteiger partial charge in [0, 0.05) is 19.5 Å². The highest BCUT2D eigenvalue weighted by atomic mass is 32.2. The Labute approximate surface area is 197 Å². The Hall–Kier alpha value is -3.48. The fourth-order valence-corrected chi connectivity index (χ4v) is 4.85. The first-order valence-corrected chi connectivity index (χ1v) is 12.2. The van der Waals surface area contributed by atoms with E-state index >= 15 is 0 Å². The van der Waals surface area contributed by atoms with Gasteiger partial charge >= 0.3 is 0 Å². The van der Waals surface area contributed by atoms with Crippen molar-refractivity contribution in [3.8, 4) is 5.69 Å². The number of hydrogen-bond acceptors (Lipinski definition) is 8. The lowest BCUT2D eigenvalue weighted by atomic mass is 10.1. The molecule has 1 aliphatic rings. The molecule has 12 heteroatoms. The van der Waals surface area contributed by atoms with Crippen molar-refractivity contribution in [2.45, 2.75) is 24.7 Å². The van der Waals surface area contributed by atoms with E-state index in [1.807, 2.05) is 24.3 Å². The molecule has 0 aliphatic carbocycles. The number of nitrogens with zero attached hydrogens (tertiary/aromatic N) is 6. The van der Waals surface area contributed by atoms with E-state index in [0.717, 1.165) is 16.8 Å². The number of sulfonamides is 1. The number of hydrogen-bond donors (Lipinski definition) is 1. The van der Waals surface area contributed by atoms with Crippen LogP contribution in [0.15, 0.2) is 64.9 Å². The van der Waals surface area contributed by atoms with E-state index in [1.54, 1.807) is 31.2 Å². The van der Waals surface area contributed by atoms with Gasteiger partial charge in [0.05, 0.1) is 29.5 Å². The number of aromatic nitrogens is 4. The second-order valence-electron chi connectivity index (χ2n) is 7.70. The lowest BCUT2D eigenvalue weighted by Gasteiger charge is -2.26. The molecule has 1 aliphatic heterocycles. The largest absolute Gasteiger partial charge is 0.379 e. The highest BCUT2D eigenvalue weighted by Gasteiger charge is 2.26. The summed E-state index contributed by atoms with van der Waals surface area (Å²) in [5, 5.41) is 15.3. The maximum atomic E-state index is 12.7. The Morgan fingerprint density at radius 2 is 1.91 bits per heavy atom. The molecule has 1 saturated heterocycles. The van der Waals surface area contributed by atoms with Gasteiger partial charge in [-0.25, -0.2) is 18.5 Å². The van der Waals surface area contributed by atoms with Crippen LogP contribution in [0.4, 0.5) is 0 Å². The first-order chi connectivity index (χ1) is 16.4. The van der Waals surface area contributed by atoms with E-state index in [0.29, 0.717) is 38.4 Å². The molecular formula is C22H25N7O4S. The molecule has 3 aromatic rings. The SMILES string of the molecule is C/C(=N\NC(=O)CCc1ccc(S(=O)(=O)N2CCOCC2)cc1)c1cccc(-n2cnnn2)c1. The van der Waals surface area contributed by atoms with Crippen molar-refractivity contribution in [3.05, 3.63) is 66.0 Å². The molecular weight excluding hydrogens is 458 g/mol. The van der Waals surface area contributed by atoms with E-state index < -0.39 is 10.0 Å². The third-order valence-electron chi connectivity index (χ3n) is 5.40. The molecule has 0 spiro atoms. The summed E-state index contributed by atoms with van der Waals surface area (Å²) in [5.74, 6) is -0.235. The van der Waals surface area contributed by atoms with Gasteiger partial charge in [-0.3, -0.25) is 4.79 Å². The van der Waals surface area contributed by atoms with Gasteiger partial charge in [0.2, 0.25) is 15.9 Å². The van der Waals surface area contributed by atoms with Gasteiger partial charge in [0.25, 0.3) is 0 Å². The Bertz CT molecular complexity index is 1250. The molecule has 1 aromatic heterocycles. The maximum absolute atomic E-state index is 12.7. The Kier molecular flexibility index (Phi) is 7.40. The average Bonchev–Trinajstić information content (AvgIpc) is 3.42. The maximum Gasteiger partial charge on any atom is 0.243 e. The fourth-order valence-electron chi connectivity index (χ4n) is 3.44. The van der Waals surface area contributed by atoms with Crippen LogP contribution in [-0.4, -0.2) is 70.9 Å². The molecule has 34 heavy (non-hydrogen) atoms. The standard InChI is InChI=1S/C22H25N7O4S/c1-17(19-3-2-4-20(15-19)29-16-23-26-27-29)24-25-22(30)10-7-18-5-8-21(9-6-18)34(31,32)28-11-13-33-14-12-28/h2-6,8-9,15-16H,7,10-14H2,1H3,(H,25,30)/b24-17+. The summed E-state index contributed by atoms with van der Waals surface area (Å²) in [6, 6.07) is 14.1. The van der Waals surface area contributed by atoms with Gasteiger partial charge in [-0.15, -0.1) is 5.10 Å². The number of rotatable bonds is 8. The number of carbonyl (C=O) groups excluding carboxylic acids is 1. The number of morpholine rings is 1. The van der Waals surface area contributed by atoms with Crippen molar-refractivity contribution in [1.29, 1.82) is 0 Å². The highest BCUT2D eigenvalue weighted by molar-refractivity contribution is 7.89. The predicted octanol–water partition coefficient (Wildman–Crippen LogP) is 1.16. The number of aryl methyl sites for hydroxylation is 1. The van der Waals surface area contributed by atoms with Crippen LogP contribution in [0.2, 0.25) is 0 Å². The zero-order valence-electron chi connectivity index (χ0n) is 18.7. The van der Waals surface area contributed by atoms with Crippen LogP contribution in [0, 0.1) is 0 Å². The molecule has 4 rings (SSSR count). The molecule has 0 unspecified atom stereocenters. The first-order valence-electron chi connectivity index (χ1n) is 10.8. The summed E-state index contributed by atoms with van der Waals surface area (Å²) in [5.41, 5.74) is 5.68. The first kappa shape index (κ1) is 23.7. The quantitative estimate of drug-likeness (QED) is 0.376. The van der Waals surface area contributed by atoms with E-state index in [4.69, 9.17) is 4.74 Å². The van der Waals surface area contributed by atoms with Crippen LogP contribution in [0.3, 0.4) is 0 Å². The smallest absolute Gasteiger partial charge is 0.243 e. The van der Waals surface area contributed by atoms with Crippen molar-refractivity contribution in [1.82, 2.24) is 29.9 Å². The second kappa shape index (κ2) is 10.6. The Morgan fingerprint density at radius 1 is 1.15 bits per heavy atom. The molecule has 178 valence electrons. The van der Waals surface area contributed by atoms with E-state index in [2.05, 4.69) is 26.1 Å². The van der Waals surface area contributed by atoms with Gasteiger partial charge in [-0.05, 0) is 59.2 Å². The van der Waals surface area contributed by atoms with Gasteiger partial charge in [-0.2, -0.15) is 9.41 Å². The number of benzene rings is 2. The number of ether oxygens (including phenoxy) is 1. The van der Waals surface area contributed by atoms with Gasteiger partial charge in [0.15, 0.2) is 0 Å². The van der Waals surface area contributed by atoms with Crippen LogP contribution < -0.4 is 5.43 Å². The number of carbonyl (C=O) groups is 1. The summed E-state index contributed by atoms with van der Waals surface area (Å²) in [4.78, 5) is 12.5. The molecule has 0 bridgehead atoms. The Morgan fingerprint density at radius 3 is 2.62 bits per heavy atom. The molecule has 1 amide bonds. The molecule has 11 nitrogen and oxygen atoms in total. The van der Waals surface area contributed by atoms with Gasteiger partial charge in [-0.1, -0.05) is 24.3 Å². The van der Waals surface area contributed by atoms with E-state index in [1.165, 1.54) is 15.3 Å². The zero-order valence-corrected chi connectivity index (χ0v) is 19.5. The molecule has 1 fully saturated rings. The summed E-state index contributed by atoms with van der Waals surface area (Å²) < 4.78 is 33.6. The van der Waals surface area contributed by atoms with Crippen LogP contribution in [-0.2, 0) is 26.0 Å². The van der Waals surface area contributed by atoms with Crippen LogP contribution >= 0.6 is 0 Å². The summed E-state index contributed by atoms with van der Waals surface area (Å²) in [6.45, 7) is 3.31. The van der Waals surface area contributed by atoms with E-state index in [9.17, 15) is 13.2 Å². The minimum absolute atomic E-state index is 0.219. The highest BCUT2D eigenvalue weighted by Crippen LogP contribution is 2.18. The normalized spacial score (nSPS) is 15.3. The monoisotopic (exact) mass is 483 g/mol. The third kappa shape index (κ3) is 5.71. The lowest BCUT2D eigenvalue weighted by Crippen LogP contribution is -2.40. The van der Waals surface area contributed by atoms with Crippen LogP contribution in [0.5, 0.6) is 0 Å². The lowest BCUT2D eigenvalue weighted by molar-refractivity contribution is -0.121. The molecule has 0 radical (unpaired) electrons. The fraction of sp³-hybridized carbons (Fsp3) is 0.318.